The molecule has 1 aromatic rings. The van der Waals surface area contributed by atoms with E-state index in [2.05, 4.69) is 12.2 Å². The highest BCUT2D eigenvalue weighted by atomic mass is 35.5. The minimum absolute atomic E-state index is 0.0370. The first-order valence-corrected chi connectivity index (χ1v) is 4.14. The lowest BCUT2D eigenvalue weighted by molar-refractivity contribution is 0.296. The lowest BCUT2D eigenvalue weighted by Crippen LogP contribution is -2.12. The van der Waals surface area contributed by atoms with Crippen LogP contribution in [0.25, 0.3) is 0 Å². The zero-order valence-corrected chi connectivity index (χ0v) is 7.86. The molecule has 2 N–H and O–H groups in total. The number of halogens is 1. The van der Waals surface area contributed by atoms with Gasteiger partial charge in [0.1, 0.15) is 6.61 Å². The fourth-order valence-corrected chi connectivity index (χ4v) is 1.01. The number of ether oxygens (including phenoxy) is 1. The van der Waals surface area contributed by atoms with Crippen LogP contribution < -0.4 is 5.73 Å². The summed E-state index contributed by atoms with van der Waals surface area (Å²) in [5, 5.41) is 0.698. The molecular weight excluding hydrogens is 194 g/mol. The molecule has 64 valence electrons. The molecule has 0 aromatic heterocycles. The molecule has 0 radical (unpaired) electrons. The van der Waals surface area contributed by atoms with Gasteiger partial charge in [-0.05, 0) is 18.3 Å². The lowest BCUT2D eigenvalue weighted by Gasteiger charge is -2.04. The highest BCUT2D eigenvalue weighted by Crippen LogP contribution is 2.15. The van der Waals surface area contributed by atoms with Crippen LogP contribution in [0.5, 0.6) is 0 Å². The van der Waals surface area contributed by atoms with E-state index in [9.17, 15) is 0 Å². The number of hydrogen-bond acceptors (Lipinski definition) is 2. The molecule has 0 atom stereocenters. The third-order valence-electron chi connectivity index (χ3n) is 1.33. The predicted molar refractivity (Wildman–Crippen MR) is 53.0 cm³/mol. The predicted octanol–water partition coefficient (Wildman–Crippen LogP) is 2.10. The first kappa shape index (κ1) is 9.29. The molecule has 0 fully saturated rings. The molecule has 0 aliphatic carbocycles. The van der Waals surface area contributed by atoms with Crippen LogP contribution in [0, 0.1) is 0 Å². The van der Waals surface area contributed by atoms with E-state index in [0.29, 0.717) is 11.6 Å². The maximum Gasteiger partial charge on any atom is 0.254 e. The van der Waals surface area contributed by atoms with Crippen molar-refractivity contribution in [1.82, 2.24) is 0 Å². The molecule has 0 saturated carbocycles. The van der Waals surface area contributed by atoms with E-state index in [0.717, 1.165) is 5.56 Å². The van der Waals surface area contributed by atoms with Gasteiger partial charge in [0, 0.05) is 10.6 Å². The Kier molecular flexibility index (Phi) is 3.31. The van der Waals surface area contributed by atoms with Gasteiger partial charge < -0.3 is 10.5 Å². The quantitative estimate of drug-likeness (QED) is 0.745. The third-order valence-corrected chi connectivity index (χ3v) is 1.81. The summed E-state index contributed by atoms with van der Waals surface area (Å²) >= 11 is 10.4. The van der Waals surface area contributed by atoms with Gasteiger partial charge in [-0.25, -0.2) is 0 Å². The monoisotopic (exact) mass is 201 g/mol. The van der Waals surface area contributed by atoms with Crippen LogP contribution in [0.4, 0.5) is 0 Å². The Bertz CT molecular complexity index is 290. The van der Waals surface area contributed by atoms with Crippen LogP contribution in [0.3, 0.4) is 0 Å². The first-order valence-electron chi connectivity index (χ1n) is 3.36. The normalized spacial score (nSPS) is 9.42. The number of thiocarbonyl (C=S) groups is 1. The SMILES string of the molecule is NC(=S)OCc1ccccc1Cl. The second-order valence-corrected chi connectivity index (χ2v) is 3.01. The summed E-state index contributed by atoms with van der Waals surface area (Å²) in [5.74, 6) is 0. The van der Waals surface area contributed by atoms with Gasteiger partial charge in [0.2, 0.25) is 0 Å². The molecule has 0 heterocycles. The van der Waals surface area contributed by atoms with Crippen molar-refractivity contribution in [3.05, 3.63) is 34.9 Å². The highest BCUT2D eigenvalue weighted by Gasteiger charge is 1.98. The van der Waals surface area contributed by atoms with Crippen LogP contribution in [0.15, 0.2) is 24.3 Å². The van der Waals surface area contributed by atoms with Gasteiger partial charge in [0.05, 0.1) is 0 Å². The van der Waals surface area contributed by atoms with Gasteiger partial charge in [-0.15, -0.1) is 0 Å². The molecule has 1 aromatic carbocycles. The molecule has 0 bridgehead atoms. The van der Waals surface area contributed by atoms with Crippen molar-refractivity contribution in [3.8, 4) is 0 Å². The highest BCUT2D eigenvalue weighted by molar-refractivity contribution is 7.80. The molecule has 4 heteroatoms. The summed E-state index contributed by atoms with van der Waals surface area (Å²) in [6.07, 6.45) is 0. The van der Waals surface area contributed by atoms with E-state index in [1.165, 1.54) is 0 Å². The van der Waals surface area contributed by atoms with E-state index >= 15 is 0 Å². The summed E-state index contributed by atoms with van der Waals surface area (Å²) in [4.78, 5) is 0. The van der Waals surface area contributed by atoms with Crippen molar-refractivity contribution in [2.24, 2.45) is 5.73 Å². The third kappa shape index (κ3) is 2.68. The maximum absolute atomic E-state index is 5.84. The van der Waals surface area contributed by atoms with Crippen LogP contribution in [-0.2, 0) is 11.3 Å². The number of rotatable bonds is 2. The van der Waals surface area contributed by atoms with Crippen LogP contribution in [-0.4, -0.2) is 5.17 Å². The van der Waals surface area contributed by atoms with Crippen molar-refractivity contribution in [2.75, 3.05) is 0 Å². The second-order valence-electron chi connectivity index (χ2n) is 2.20. The molecule has 1 rings (SSSR count). The Morgan fingerprint density at radius 2 is 2.17 bits per heavy atom. The van der Waals surface area contributed by atoms with Crippen molar-refractivity contribution >= 4 is 29.0 Å². The van der Waals surface area contributed by atoms with Gasteiger partial charge in [-0.3, -0.25) is 0 Å². The Morgan fingerprint density at radius 3 is 2.75 bits per heavy atom. The Morgan fingerprint density at radius 1 is 1.50 bits per heavy atom. The van der Waals surface area contributed by atoms with Gasteiger partial charge >= 0.3 is 0 Å². The van der Waals surface area contributed by atoms with E-state index < -0.39 is 0 Å². The zero-order valence-electron chi connectivity index (χ0n) is 6.29. The lowest BCUT2D eigenvalue weighted by atomic mass is 10.2. The molecule has 0 aliphatic heterocycles. The molecular formula is C8H8ClNOS. The van der Waals surface area contributed by atoms with Crippen molar-refractivity contribution in [3.63, 3.8) is 0 Å². The number of benzene rings is 1. The van der Waals surface area contributed by atoms with Crippen molar-refractivity contribution in [2.45, 2.75) is 6.61 Å². The van der Waals surface area contributed by atoms with Gasteiger partial charge in [-0.2, -0.15) is 0 Å². The van der Waals surface area contributed by atoms with E-state index in [-0.39, 0.29) is 5.17 Å². The van der Waals surface area contributed by atoms with E-state index in [4.69, 9.17) is 22.1 Å². The molecule has 2 nitrogen and oxygen atoms in total. The molecule has 12 heavy (non-hydrogen) atoms. The topological polar surface area (TPSA) is 35.2 Å². The fraction of sp³-hybridized carbons (Fsp3) is 0.125. The summed E-state index contributed by atoms with van der Waals surface area (Å²) in [7, 11) is 0. The maximum atomic E-state index is 5.84. The van der Waals surface area contributed by atoms with Gasteiger partial charge in [0.25, 0.3) is 5.17 Å². The Labute approximate surface area is 81.3 Å². The van der Waals surface area contributed by atoms with Crippen LogP contribution >= 0.6 is 23.8 Å². The van der Waals surface area contributed by atoms with Crippen molar-refractivity contribution in [1.29, 1.82) is 0 Å². The smallest absolute Gasteiger partial charge is 0.254 e. The van der Waals surface area contributed by atoms with Gasteiger partial charge in [0.15, 0.2) is 0 Å². The van der Waals surface area contributed by atoms with E-state index in [1.54, 1.807) is 6.07 Å². The first-order chi connectivity index (χ1) is 5.70. The Balaban J connectivity index is 2.63. The Hall–Kier alpha value is -0.800. The second kappa shape index (κ2) is 4.28. The summed E-state index contributed by atoms with van der Waals surface area (Å²) in [6, 6.07) is 7.39. The largest absolute Gasteiger partial charge is 0.466 e. The molecule has 0 saturated heterocycles. The van der Waals surface area contributed by atoms with Crippen molar-refractivity contribution < 1.29 is 4.74 Å². The minimum atomic E-state index is 0.0370. The zero-order chi connectivity index (χ0) is 8.97. The number of hydrogen-bond donors (Lipinski definition) is 1. The average molecular weight is 202 g/mol. The summed E-state index contributed by atoms with van der Waals surface area (Å²) in [6.45, 7) is 0.328. The molecule has 0 unspecified atom stereocenters. The fourth-order valence-electron chi connectivity index (χ4n) is 0.764. The minimum Gasteiger partial charge on any atom is -0.466 e. The average Bonchev–Trinajstić information content (AvgIpc) is 2.03. The summed E-state index contributed by atoms with van der Waals surface area (Å²) in [5.41, 5.74) is 6.04. The number of nitrogens with two attached hydrogens (primary N) is 1. The van der Waals surface area contributed by atoms with Gasteiger partial charge in [-0.1, -0.05) is 29.8 Å². The summed E-state index contributed by atoms with van der Waals surface area (Å²) < 4.78 is 4.93. The van der Waals surface area contributed by atoms with E-state index in [1.807, 2.05) is 18.2 Å². The molecule has 0 amide bonds. The molecule has 0 aliphatic rings. The standard InChI is InChI=1S/C8H8ClNOS/c9-7-4-2-1-3-6(7)5-11-8(10)12/h1-4H,5H2,(H2,10,12). The van der Waals surface area contributed by atoms with Crippen LogP contribution in [0.1, 0.15) is 5.56 Å². The van der Waals surface area contributed by atoms with Crippen LogP contribution in [0.2, 0.25) is 5.02 Å². The molecule has 0 spiro atoms.